The summed E-state index contributed by atoms with van der Waals surface area (Å²) in [6.07, 6.45) is 14.7. The maximum Gasteiger partial charge on any atom is 0.265 e. The molecule has 2 aromatic carbocycles. The first-order valence-electron chi connectivity index (χ1n) is 22.8. The third-order valence-electron chi connectivity index (χ3n) is 11.6. The van der Waals surface area contributed by atoms with Crippen molar-refractivity contribution < 1.29 is 9.18 Å². The van der Waals surface area contributed by atoms with E-state index < -0.39 is 0 Å². The molecule has 0 aliphatic carbocycles. The van der Waals surface area contributed by atoms with Crippen molar-refractivity contribution in [3.05, 3.63) is 125 Å². The number of nitrogens with one attached hydrogen (secondary N) is 3. The number of aromatic nitrogens is 3. The van der Waals surface area contributed by atoms with Crippen LogP contribution in [0.1, 0.15) is 97.3 Å². The van der Waals surface area contributed by atoms with Gasteiger partial charge in [0, 0.05) is 80.7 Å². The average molecular weight is 855 g/mol. The number of aryl methyl sites for hydroxylation is 1. The van der Waals surface area contributed by atoms with E-state index in [-0.39, 0.29) is 17.1 Å². The zero-order valence-electron chi connectivity index (χ0n) is 38.7. The maximum atomic E-state index is 15.5. The van der Waals surface area contributed by atoms with Gasteiger partial charge in [-0.15, -0.1) is 0 Å². The number of halogens is 1. The number of amides is 1. The van der Waals surface area contributed by atoms with Gasteiger partial charge in [-0.3, -0.25) is 14.7 Å². The summed E-state index contributed by atoms with van der Waals surface area (Å²) in [4.78, 5) is 38.7. The number of hydrogen-bond donors (Lipinski definition) is 3. The van der Waals surface area contributed by atoms with Crippen LogP contribution in [0.2, 0.25) is 0 Å². The minimum atomic E-state index is -0.172. The van der Waals surface area contributed by atoms with E-state index >= 15 is 4.39 Å². The van der Waals surface area contributed by atoms with Gasteiger partial charge in [0.25, 0.3) is 5.91 Å². The number of anilines is 4. The van der Waals surface area contributed by atoms with Gasteiger partial charge >= 0.3 is 0 Å². The molecule has 0 spiro atoms. The van der Waals surface area contributed by atoms with Crippen LogP contribution in [-0.2, 0) is 17.8 Å². The summed E-state index contributed by atoms with van der Waals surface area (Å²) < 4.78 is 15.5. The number of piperazine rings is 1. The van der Waals surface area contributed by atoms with Gasteiger partial charge in [0.15, 0.2) is 0 Å². The summed E-state index contributed by atoms with van der Waals surface area (Å²) in [6.45, 7) is 22.4. The summed E-state index contributed by atoms with van der Waals surface area (Å²) in [5, 5.41) is 9.92. The van der Waals surface area contributed by atoms with Crippen LogP contribution in [0.5, 0.6) is 0 Å². The minimum absolute atomic E-state index is 0.125. The molecule has 0 saturated carbocycles. The molecule has 4 heterocycles. The normalized spacial score (nSPS) is 16.7. The van der Waals surface area contributed by atoms with Crippen molar-refractivity contribution in [2.24, 2.45) is 10.4 Å². The van der Waals surface area contributed by atoms with Crippen LogP contribution in [0.25, 0.3) is 11.3 Å². The van der Waals surface area contributed by atoms with E-state index in [1.165, 1.54) is 5.70 Å². The number of pyridine rings is 1. The fourth-order valence-electron chi connectivity index (χ4n) is 7.92. The number of carbonyl (C=O) groups is 1. The van der Waals surface area contributed by atoms with Crippen molar-refractivity contribution in [2.45, 2.75) is 100 Å². The summed E-state index contributed by atoms with van der Waals surface area (Å²) in [5.74, 6) is 2.00. The van der Waals surface area contributed by atoms with E-state index in [1.54, 1.807) is 12.4 Å². The first kappa shape index (κ1) is 46.6. The zero-order valence-corrected chi connectivity index (χ0v) is 38.7. The van der Waals surface area contributed by atoms with Crippen molar-refractivity contribution in [3.8, 4) is 11.3 Å². The highest BCUT2D eigenvalue weighted by atomic mass is 19.1. The third kappa shape index (κ3) is 12.6. The largest absolute Gasteiger partial charge is 0.368 e. The van der Waals surface area contributed by atoms with Crippen LogP contribution in [0.3, 0.4) is 0 Å². The molecule has 2 saturated heterocycles. The molecule has 2 aliphatic heterocycles. The van der Waals surface area contributed by atoms with Gasteiger partial charge in [-0.2, -0.15) is 0 Å². The number of hydrogen-bond acceptors (Lipinski definition) is 10. The molecule has 6 rings (SSSR count). The fraction of sp³-hybridized carbons (Fsp3) is 0.431. The Morgan fingerprint density at radius 3 is 2.41 bits per heavy atom. The molecule has 11 nitrogen and oxygen atoms in total. The lowest BCUT2D eigenvalue weighted by molar-refractivity contribution is -0.115. The van der Waals surface area contributed by atoms with Crippen LogP contribution in [-0.4, -0.2) is 70.7 Å². The maximum absolute atomic E-state index is 15.5. The molecule has 0 bridgehead atoms. The smallest absolute Gasteiger partial charge is 0.265 e. The Bertz CT molecular complexity index is 2300. The van der Waals surface area contributed by atoms with Crippen molar-refractivity contribution in [3.63, 3.8) is 0 Å². The molecule has 63 heavy (non-hydrogen) atoms. The van der Waals surface area contributed by atoms with E-state index in [1.807, 2.05) is 43.5 Å². The predicted octanol–water partition coefficient (Wildman–Crippen LogP) is 10.2. The van der Waals surface area contributed by atoms with Crippen molar-refractivity contribution in [1.82, 2.24) is 30.5 Å². The second-order valence-corrected chi connectivity index (χ2v) is 17.4. The van der Waals surface area contributed by atoms with Crippen LogP contribution >= 0.6 is 0 Å². The van der Waals surface area contributed by atoms with Crippen LogP contribution < -0.4 is 25.8 Å². The molecule has 0 unspecified atom stereocenters. The van der Waals surface area contributed by atoms with E-state index in [0.29, 0.717) is 36.0 Å². The predicted molar refractivity (Wildman–Crippen MR) is 258 cm³/mol. The van der Waals surface area contributed by atoms with Gasteiger partial charge in [0.2, 0.25) is 0 Å². The highest BCUT2D eigenvalue weighted by Gasteiger charge is 2.23. The van der Waals surface area contributed by atoms with Crippen LogP contribution in [0.15, 0.2) is 108 Å². The second kappa shape index (κ2) is 22.0. The molecule has 2 aromatic heterocycles. The first-order valence-corrected chi connectivity index (χ1v) is 22.8. The van der Waals surface area contributed by atoms with E-state index in [0.717, 1.165) is 117 Å². The Kier molecular flexibility index (Phi) is 16.2. The standard InChI is InChI=1S/C51H67FN10O/c1-9-13-43(58-46(14-10-2)51(6,7)8)50(63)54-33-39-18-17-38(30-36(39)5)44-32-48(56-35-55-44)59-47-21-19-41(34-53-47)61-28-26-60(27-29-61)24-22-37-16-20-45(42(52)31-37)62-25-23-40(12-4)57-49(62)15-11-3/h12,14-21,30-32,34-35,57H,9-11,13,22-29,33H2,1-8H3,(H,54,63)(H,53,55,56,59)/b40-12-,46-14-,49-15+,58-43?. The van der Waals surface area contributed by atoms with E-state index in [2.05, 4.69) is 126 Å². The first-order chi connectivity index (χ1) is 30.4. The van der Waals surface area contributed by atoms with Crippen LogP contribution in [0.4, 0.5) is 27.4 Å². The Morgan fingerprint density at radius 1 is 0.937 bits per heavy atom. The molecule has 2 aliphatic rings. The molecule has 12 heteroatoms. The van der Waals surface area contributed by atoms with E-state index in [4.69, 9.17) is 9.98 Å². The minimum Gasteiger partial charge on any atom is -0.368 e. The Hall–Kier alpha value is -5.88. The topological polar surface area (TPSA) is 114 Å². The SMILES string of the molecule is C/C=C1/CCN(c2ccc(CCN3CCN(c4ccc(Nc5cc(-c6ccc(CNC(=O)C(CCC)=N/C(=C\CC)C(C)(C)C)c(C)c6)ncn5)nc4)CC3)cc2F)/C(=C/CC)N1. The molecular formula is C51H67FN10O. The number of aliphatic imine (C=N–C) groups is 1. The summed E-state index contributed by atoms with van der Waals surface area (Å²) in [6, 6.07) is 17.9. The Balaban J connectivity index is 0.983. The van der Waals surface area contributed by atoms with Gasteiger partial charge in [-0.1, -0.05) is 78.3 Å². The molecule has 2 fully saturated rings. The van der Waals surface area contributed by atoms with Crippen molar-refractivity contribution >= 4 is 34.6 Å². The number of nitrogens with zero attached hydrogens (tertiary/aromatic N) is 7. The molecule has 0 radical (unpaired) electrons. The Labute approximate surface area is 374 Å². The van der Waals surface area contributed by atoms with Crippen LogP contribution in [0, 0.1) is 18.2 Å². The lowest BCUT2D eigenvalue weighted by Crippen LogP contribution is -2.47. The van der Waals surface area contributed by atoms with Crippen molar-refractivity contribution in [1.29, 1.82) is 0 Å². The van der Waals surface area contributed by atoms with Gasteiger partial charge in [-0.25, -0.2) is 19.3 Å². The van der Waals surface area contributed by atoms with Crippen molar-refractivity contribution in [2.75, 3.05) is 54.4 Å². The summed E-state index contributed by atoms with van der Waals surface area (Å²) >= 11 is 0. The zero-order chi connectivity index (χ0) is 44.9. The van der Waals surface area contributed by atoms with Gasteiger partial charge in [0.1, 0.15) is 35.3 Å². The molecule has 0 atom stereocenters. The number of benzene rings is 2. The number of allylic oxidation sites excluding steroid dienone is 4. The lowest BCUT2D eigenvalue weighted by atomic mass is 9.91. The molecule has 334 valence electrons. The quantitative estimate of drug-likeness (QED) is 0.0948. The highest BCUT2D eigenvalue weighted by molar-refractivity contribution is 6.39. The highest BCUT2D eigenvalue weighted by Crippen LogP contribution is 2.30. The second-order valence-electron chi connectivity index (χ2n) is 17.4. The average Bonchev–Trinajstić information content (AvgIpc) is 3.28. The number of rotatable bonds is 16. The van der Waals surface area contributed by atoms with Gasteiger partial charge < -0.3 is 25.8 Å². The third-order valence-corrected chi connectivity index (χ3v) is 11.6. The molecule has 4 aromatic rings. The molecule has 3 N–H and O–H groups in total. The molecular weight excluding hydrogens is 788 g/mol. The summed E-state index contributed by atoms with van der Waals surface area (Å²) in [5.41, 5.74) is 9.12. The van der Waals surface area contributed by atoms with Gasteiger partial charge in [0.05, 0.1) is 23.3 Å². The fourth-order valence-corrected chi connectivity index (χ4v) is 7.92. The summed E-state index contributed by atoms with van der Waals surface area (Å²) in [7, 11) is 0. The van der Waals surface area contributed by atoms with Gasteiger partial charge in [-0.05, 0) is 92.6 Å². The lowest BCUT2D eigenvalue weighted by Gasteiger charge is -2.36. The molecule has 1 amide bonds. The van der Waals surface area contributed by atoms with E-state index in [9.17, 15) is 4.79 Å². The Morgan fingerprint density at radius 2 is 1.75 bits per heavy atom. The monoisotopic (exact) mass is 855 g/mol. The number of carbonyl (C=O) groups excluding carboxylic acids is 1.